The summed E-state index contributed by atoms with van der Waals surface area (Å²) in [5.41, 5.74) is -1.84. The van der Waals surface area contributed by atoms with E-state index in [2.05, 4.69) is 0 Å². The molecule has 2 N–H and O–H groups in total. The molecular formula is C29H31F4N3O5. The third-order valence-corrected chi connectivity index (χ3v) is 8.15. The number of alkyl halides is 3. The molecule has 220 valence electrons. The second kappa shape index (κ2) is 11.6. The molecule has 0 aromatic heterocycles. The standard InChI is InChI=1S/C29H31F4N3O5/c1-18-5-3-4-6-22(18)25-23-16-28(7-11-37,8-12-38)26(40)35(23)9-10-36(25)27(41)34(2)24(17-39)19-13-20(29(31,32)33)15-21(30)14-19/h3-6,13-15,23,25,37-38H,7-12,16H2,1-2H3/t23-,25-/m0/s1. The number of carbonyl (C=O) groups is 2. The molecule has 0 unspecified atom stereocenters. The van der Waals surface area contributed by atoms with Crippen LogP contribution in [0.25, 0.3) is 5.70 Å². The zero-order valence-corrected chi connectivity index (χ0v) is 22.6. The maximum atomic E-state index is 14.2. The fraction of sp³-hybridized carbons (Fsp3) is 0.448. The number of amides is 3. The lowest BCUT2D eigenvalue weighted by Gasteiger charge is -2.46. The van der Waals surface area contributed by atoms with Gasteiger partial charge in [-0.15, -0.1) is 0 Å². The molecule has 4 rings (SSSR count). The minimum Gasteiger partial charge on any atom is -0.396 e. The summed E-state index contributed by atoms with van der Waals surface area (Å²) in [5, 5.41) is 19.5. The quantitative estimate of drug-likeness (QED) is 0.385. The Hall–Kier alpha value is -3.73. The maximum Gasteiger partial charge on any atom is 0.416 e. The van der Waals surface area contributed by atoms with Crippen LogP contribution in [0.5, 0.6) is 0 Å². The van der Waals surface area contributed by atoms with Gasteiger partial charge in [0.2, 0.25) is 5.91 Å². The van der Waals surface area contributed by atoms with Gasteiger partial charge in [-0.05, 0) is 55.5 Å². The van der Waals surface area contributed by atoms with E-state index >= 15 is 0 Å². The number of aryl methyl sites for hydroxylation is 1. The molecule has 3 amide bonds. The Balaban J connectivity index is 1.75. The van der Waals surface area contributed by atoms with Crippen LogP contribution in [0.3, 0.4) is 0 Å². The number of hydrogen-bond acceptors (Lipinski definition) is 5. The van der Waals surface area contributed by atoms with Crippen molar-refractivity contribution >= 4 is 23.6 Å². The molecule has 0 spiro atoms. The summed E-state index contributed by atoms with van der Waals surface area (Å²) in [7, 11) is 1.20. The van der Waals surface area contributed by atoms with Crippen molar-refractivity contribution in [1.29, 1.82) is 0 Å². The predicted molar refractivity (Wildman–Crippen MR) is 140 cm³/mol. The van der Waals surface area contributed by atoms with Crippen LogP contribution in [0.4, 0.5) is 22.4 Å². The SMILES string of the molecule is Cc1ccccc1[C@H]1[C@@H]2CC(CCO)(CCO)C(=O)N2CCN1C(=O)N(C)C(=C=O)c1cc(F)cc(C(F)(F)F)c1. The van der Waals surface area contributed by atoms with Crippen molar-refractivity contribution in [2.75, 3.05) is 33.4 Å². The Morgan fingerprint density at radius 1 is 1.12 bits per heavy atom. The summed E-state index contributed by atoms with van der Waals surface area (Å²) in [5.74, 6) is 0.0435. The van der Waals surface area contributed by atoms with Gasteiger partial charge in [0.1, 0.15) is 11.5 Å². The summed E-state index contributed by atoms with van der Waals surface area (Å²) >= 11 is 0. The number of benzene rings is 2. The van der Waals surface area contributed by atoms with E-state index in [1.807, 2.05) is 25.1 Å². The summed E-state index contributed by atoms with van der Waals surface area (Å²) in [4.78, 5) is 43.5. The Bertz CT molecular complexity index is 1370. The second-order valence-electron chi connectivity index (χ2n) is 10.5. The van der Waals surface area contributed by atoms with Crippen LogP contribution >= 0.6 is 0 Å². The summed E-state index contributed by atoms with van der Waals surface area (Å²) < 4.78 is 54.2. The number of halogens is 4. The van der Waals surface area contributed by atoms with Crippen LogP contribution in [0, 0.1) is 18.2 Å². The third-order valence-electron chi connectivity index (χ3n) is 8.15. The van der Waals surface area contributed by atoms with E-state index in [0.717, 1.165) is 22.1 Å². The average molecular weight is 578 g/mol. The van der Waals surface area contributed by atoms with Gasteiger partial charge in [-0.1, -0.05) is 24.3 Å². The van der Waals surface area contributed by atoms with Crippen molar-refractivity contribution < 1.29 is 42.2 Å². The molecule has 12 heteroatoms. The van der Waals surface area contributed by atoms with Crippen LogP contribution in [0.1, 0.15) is 47.6 Å². The molecule has 0 radical (unpaired) electrons. The predicted octanol–water partition coefficient (Wildman–Crippen LogP) is 3.79. The normalized spacial score (nSPS) is 20.0. The highest BCUT2D eigenvalue weighted by Crippen LogP contribution is 2.49. The molecule has 2 aromatic rings. The molecule has 2 aliphatic heterocycles. The summed E-state index contributed by atoms with van der Waals surface area (Å²) in [6.07, 6.45) is -4.38. The first-order valence-corrected chi connectivity index (χ1v) is 13.1. The van der Waals surface area contributed by atoms with Gasteiger partial charge in [0.05, 0.1) is 23.1 Å². The average Bonchev–Trinajstić information content (AvgIpc) is 3.19. The Kier molecular flexibility index (Phi) is 8.58. The van der Waals surface area contributed by atoms with Crippen molar-refractivity contribution in [3.8, 4) is 0 Å². The molecule has 0 bridgehead atoms. The van der Waals surface area contributed by atoms with Gasteiger partial charge in [-0.25, -0.2) is 14.0 Å². The third kappa shape index (κ3) is 5.59. The van der Waals surface area contributed by atoms with E-state index in [4.69, 9.17) is 0 Å². The largest absolute Gasteiger partial charge is 0.416 e. The van der Waals surface area contributed by atoms with Crippen molar-refractivity contribution in [3.05, 3.63) is 70.5 Å². The molecule has 0 saturated carbocycles. The molecule has 2 atom stereocenters. The van der Waals surface area contributed by atoms with E-state index in [1.54, 1.807) is 11.0 Å². The van der Waals surface area contributed by atoms with Gasteiger partial charge in [0.15, 0.2) is 5.94 Å². The van der Waals surface area contributed by atoms with Gasteiger partial charge in [0, 0.05) is 38.9 Å². The van der Waals surface area contributed by atoms with E-state index < -0.39 is 52.3 Å². The first-order valence-electron chi connectivity index (χ1n) is 13.1. The molecule has 2 heterocycles. The van der Waals surface area contributed by atoms with E-state index in [9.17, 15) is 42.2 Å². The second-order valence-corrected chi connectivity index (χ2v) is 10.5. The van der Waals surface area contributed by atoms with Gasteiger partial charge in [-0.2, -0.15) is 13.2 Å². The van der Waals surface area contributed by atoms with Crippen LogP contribution in [-0.4, -0.2) is 82.2 Å². The lowest BCUT2D eigenvalue weighted by atomic mass is 9.77. The fourth-order valence-electron chi connectivity index (χ4n) is 6.14. The minimum atomic E-state index is -4.88. The number of aliphatic hydroxyl groups excluding tert-OH is 2. The molecular weight excluding hydrogens is 546 g/mol. The number of piperazine rings is 1. The molecule has 2 fully saturated rings. The first kappa shape index (κ1) is 30.2. The number of hydrogen-bond donors (Lipinski definition) is 2. The van der Waals surface area contributed by atoms with Gasteiger partial charge < -0.3 is 20.0 Å². The van der Waals surface area contributed by atoms with E-state index in [0.29, 0.717) is 12.1 Å². The fourth-order valence-corrected chi connectivity index (χ4v) is 6.14. The lowest BCUT2D eigenvalue weighted by Crippen LogP contribution is -2.57. The highest BCUT2D eigenvalue weighted by molar-refractivity contribution is 5.96. The highest BCUT2D eigenvalue weighted by atomic mass is 19.4. The van der Waals surface area contributed by atoms with E-state index in [-0.39, 0.29) is 51.5 Å². The Labute approximate surface area is 234 Å². The minimum absolute atomic E-state index is 0.0296. The topological polar surface area (TPSA) is 101 Å². The van der Waals surface area contributed by atoms with Gasteiger partial charge in [0.25, 0.3) is 0 Å². The molecule has 2 aromatic carbocycles. The smallest absolute Gasteiger partial charge is 0.396 e. The number of rotatable bonds is 7. The molecule has 8 nitrogen and oxygen atoms in total. The molecule has 2 aliphatic rings. The van der Waals surface area contributed by atoms with Crippen molar-refractivity contribution in [2.45, 2.75) is 44.4 Å². The van der Waals surface area contributed by atoms with Crippen LogP contribution < -0.4 is 0 Å². The number of carbonyl (C=O) groups excluding carboxylic acids is 3. The van der Waals surface area contributed by atoms with Gasteiger partial charge in [-0.3, -0.25) is 9.69 Å². The van der Waals surface area contributed by atoms with Crippen LogP contribution in [0.2, 0.25) is 0 Å². The Morgan fingerprint density at radius 2 is 1.78 bits per heavy atom. The molecule has 41 heavy (non-hydrogen) atoms. The zero-order chi connectivity index (χ0) is 30.1. The number of nitrogens with zero attached hydrogens (tertiary/aromatic N) is 3. The number of fused-ring (bicyclic) bond motifs is 1. The summed E-state index contributed by atoms with van der Waals surface area (Å²) in [6, 6.07) is 6.85. The van der Waals surface area contributed by atoms with Crippen LogP contribution in [-0.2, 0) is 15.8 Å². The van der Waals surface area contributed by atoms with E-state index in [1.165, 1.54) is 17.9 Å². The zero-order valence-electron chi connectivity index (χ0n) is 22.6. The first-order chi connectivity index (χ1) is 19.4. The molecule has 2 saturated heterocycles. The Morgan fingerprint density at radius 3 is 2.37 bits per heavy atom. The van der Waals surface area contributed by atoms with Crippen molar-refractivity contribution in [3.63, 3.8) is 0 Å². The number of aliphatic hydroxyl groups is 2. The molecule has 0 aliphatic carbocycles. The van der Waals surface area contributed by atoms with Crippen molar-refractivity contribution in [2.24, 2.45) is 5.41 Å². The van der Waals surface area contributed by atoms with Crippen LogP contribution in [0.15, 0.2) is 42.5 Å². The maximum absolute atomic E-state index is 14.2. The van der Waals surface area contributed by atoms with Crippen molar-refractivity contribution in [1.82, 2.24) is 14.7 Å². The highest BCUT2D eigenvalue weighted by Gasteiger charge is 2.56. The van der Waals surface area contributed by atoms with Gasteiger partial charge >= 0.3 is 12.2 Å². The monoisotopic (exact) mass is 577 g/mol. The summed E-state index contributed by atoms with van der Waals surface area (Å²) in [6.45, 7) is 1.46. The number of urea groups is 1. The lowest BCUT2D eigenvalue weighted by molar-refractivity contribution is -0.140.